The molecule has 3 rings (SSSR count). The first-order chi connectivity index (χ1) is 16.0. The second-order valence-electron chi connectivity index (χ2n) is 10.0. The molecule has 2 atom stereocenters. The fourth-order valence-electron chi connectivity index (χ4n) is 3.98. The lowest BCUT2D eigenvalue weighted by atomic mass is 10.0. The molecule has 1 aromatic carbocycles. The van der Waals surface area contributed by atoms with E-state index in [2.05, 4.69) is 5.32 Å². The van der Waals surface area contributed by atoms with E-state index in [1.165, 1.54) is 4.90 Å². The van der Waals surface area contributed by atoms with Crippen molar-refractivity contribution in [2.24, 2.45) is 5.92 Å². The summed E-state index contributed by atoms with van der Waals surface area (Å²) in [6.07, 6.45) is 1.14. The molecule has 8 nitrogen and oxygen atoms in total. The maximum atomic E-state index is 13.3. The monoisotopic (exact) mass is 469 g/mol. The zero-order valence-electron chi connectivity index (χ0n) is 20.8. The van der Waals surface area contributed by atoms with Crippen LogP contribution in [-0.2, 0) is 20.9 Å². The molecule has 1 aliphatic rings. The van der Waals surface area contributed by atoms with Gasteiger partial charge in [0.1, 0.15) is 17.4 Å². The molecule has 0 aliphatic carbocycles. The summed E-state index contributed by atoms with van der Waals surface area (Å²) >= 11 is 0. The van der Waals surface area contributed by atoms with Crippen molar-refractivity contribution < 1.29 is 23.5 Å². The first kappa shape index (κ1) is 25.3. The molecule has 34 heavy (non-hydrogen) atoms. The smallest absolute Gasteiger partial charge is 0.410 e. The summed E-state index contributed by atoms with van der Waals surface area (Å²) < 4.78 is 10.9. The third kappa shape index (κ3) is 6.18. The molecule has 0 radical (unpaired) electrons. The maximum absolute atomic E-state index is 13.3. The van der Waals surface area contributed by atoms with E-state index in [0.29, 0.717) is 13.1 Å². The number of benzene rings is 1. The van der Waals surface area contributed by atoms with E-state index >= 15 is 0 Å². The van der Waals surface area contributed by atoms with Crippen molar-refractivity contribution in [2.75, 3.05) is 13.1 Å². The van der Waals surface area contributed by atoms with Crippen LogP contribution in [0.25, 0.3) is 11.3 Å². The summed E-state index contributed by atoms with van der Waals surface area (Å²) in [5.74, 6) is 0.0975. The zero-order valence-corrected chi connectivity index (χ0v) is 20.8. The van der Waals surface area contributed by atoms with E-state index in [1.807, 2.05) is 57.2 Å². The van der Waals surface area contributed by atoms with Crippen LogP contribution in [-0.4, -0.2) is 58.5 Å². The average Bonchev–Trinajstić information content (AvgIpc) is 3.30. The summed E-state index contributed by atoms with van der Waals surface area (Å²) in [7, 11) is 0. The van der Waals surface area contributed by atoms with Crippen molar-refractivity contribution in [2.45, 2.75) is 65.8 Å². The molecule has 1 aliphatic heterocycles. The Hall–Kier alpha value is -3.29. The van der Waals surface area contributed by atoms with Crippen molar-refractivity contribution >= 4 is 17.9 Å². The molecule has 0 bridgehead atoms. The van der Waals surface area contributed by atoms with Gasteiger partial charge in [0.25, 0.3) is 0 Å². The molecule has 0 unspecified atom stereocenters. The first-order valence-corrected chi connectivity index (χ1v) is 11.7. The van der Waals surface area contributed by atoms with Gasteiger partial charge < -0.3 is 24.3 Å². The molecule has 2 heterocycles. The van der Waals surface area contributed by atoms with E-state index in [-0.39, 0.29) is 30.3 Å². The van der Waals surface area contributed by atoms with Gasteiger partial charge >= 0.3 is 6.09 Å². The fraction of sp³-hybridized carbons (Fsp3) is 0.500. The number of amides is 3. The third-order valence-electron chi connectivity index (χ3n) is 5.62. The lowest BCUT2D eigenvalue weighted by Crippen LogP contribution is -2.65. The zero-order chi connectivity index (χ0) is 25.0. The summed E-state index contributed by atoms with van der Waals surface area (Å²) in [6.45, 7) is 11.6. The minimum absolute atomic E-state index is 0.0843. The number of nitrogens with one attached hydrogen (secondary N) is 1. The molecular formula is C26H35N3O5. The standard InChI is InChI=1S/C26H35N3O5/c1-17(2)24(31)29-18(3)15-28(25(32)34-26(4,5)6)16-21(29)23(30)27-14-19-9-11-20(12-10-19)22-8-7-13-33-22/h7-13,17-18,21H,14-16H2,1-6H3,(H,27,30)/t18-,21-/m0/s1. The molecule has 1 fully saturated rings. The van der Waals surface area contributed by atoms with Gasteiger partial charge in [-0.05, 0) is 45.4 Å². The lowest BCUT2D eigenvalue weighted by molar-refractivity contribution is -0.149. The normalized spacial score (nSPS) is 18.7. The van der Waals surface area contributed by atoms with Crippen LogP contribution in [0.2, 0.25) is 0 Å². The summed E-state index contributed by atoms with van der Waals surface area (Å²) in [5.41, 5.74) is 1.21. The number of carbonyl (C=O) groups excluding carboxylic acids is 3. The summed E-state index contributed by atoms with van der Waals surface area (Å²) in [4.78, 5) is 42.1. The highest BCUT2D eigenvalue weighted by atomic mass is 16.6. The van der Waals surface area contributed by atoms with E-state index in [0.717, 1.165) is 16.9 Å². The predicted octanol–water partition coefficient (Wildman–Crippen LogP) is 4.06. The second kappa shape index (κ2) is 10.3. The summed E-state index contributed by atoms with van der Waals surface area (Å²) in [5, 5.41) is 2.94. The van der Waals surface area contributed by atoms with Crippen LogP contribution in [0.3, 0.4) is 0 Å². The maximum Gasteiger partial charge on any atom is 0.410 e. The van der Waals surface area contributed by atoms with Gasteiger partial charge in [-0.2, -0.15) is 0 Å². The van der Waals surface area contributed by atoms with Gasteiger partial charge in [0.05, 0.1) is 12.8 Å². The highest BCUT2D eigenvalue weighted by Crippen LogP contribution is 2.22. The topological polar surface area (TPSA) is 92.1 Å². The van der Waals surface area contributed by atoms with Gasteiger partial charge in [0.2, 0.25) is 11.8 Å². The largest absolute Gasteiger partial charge is 0.464 e. The SMILES string of the molecule is CC(C)C(=O)N1[C@@H](C)CN(C(=O)OC(C)(C)C)C[C@H]1C(=O)NCc1ccc(-c2ccco2)cc1. The highest BCUT2D eigenvalue weighted by molar-refractivity contribution is 5.89. The quantitative estimate of drug-likeness (QED) is 0.713. The molecule has 2 aromatic rings. The number of hydrogen-bond donors (Lipinski definition) is 1. The first-order valence-electron chi connectivity index (χ1n) is 11.7. The molecule has 3 amide bonds. The van der Waals surface area contributed by atoms with Crippen LogP contribution in [0, 0.1) is 5.92 Å². The van der Waals surface area contributed by atoms with Gasteiger partial charge in [0.15, 0.2) is 0 Å². The van der Waals surface area contributed by atoms with E-state index in [1.54, 1.807) is 31.9 Å². The number of ether oxygens (including phenoxy) is 1. The number of furan rings is 1. The molecule has 1 N–H and O–H groups in total. The minimum Gasteiger partial charge on any atom is -0.464 e. The molecule has 1 aromatic heterocycles. The molecule has 0 spiro atoms. The number of nitrogens with zero attached hydrogens (tertiary/aromatic N) is 2. The van der Waals surface area contributed by atoms with Gasteiger partial charge in [-0.3, -0.25) is 9.59 Å². The van der Waals surface area contributed by atoms with Crippen LogP contribution < -0.4 is 5.32 Å². The van der Waals surface area contributed by atoms with Crippen molar-refractivity contribution in [3.8, 4) is 11.3 Å². The molecular weight excluding hydrogens is 434 g/mol. The fourth-order valence-corrected chi connectivity index (χ4v) is 3.98. The van der Waals surface area contributed by atoms with Crippen molar-refractivity contribution in [3.63, 3.8) is 0 Å². The van der Waals surface area contributed by atoms with Crippen LogP contribution in [0.5, 0.6) is 0 Å². The second-order valence-corrected chi connectivity index (χ2v) is 10.0. The third-order valence-corrected chi connectivity index (χ3v) is 5.62. The summed E-state index contributed by atoms with van der Waals surface area (Å²) in [6, 6.07) is 10.3. The van der Waals surface area contributed by atoms with Crippen molar-refractivity contribution in [1.82, 2.24) is 15.1 Å². The molecule has 184 valence electrons. The van der Waals surface area contributed by atoms with Crippen LogP contribution in [0.4, 0.5) is 4.79 Å². The Balaban J connectivity index is 1.72. The molecule has 8 heteroatoms. The van der Waals surface area contributed by atoms with E-state index in [9.17, 15) is 14.4 Å². The van der Waals surface area contributed by atoms with Crippen molar-refractivity contribution in [1.29, 1.82) is 0 Å². The van der Waals surface area contributed by atoms with Crippen LogP contribution in [0.15, 0.2) is 47.1 Å². The van der Waals surface area contributed by atoms with Gasteiger partial charge in [-0.15, -0.1) is 0 Å². The number of hydrogen-bond acceptors (Lipinski definition) is 5. The Morgan fingerprint density at radius 2 is 1.79 bits per heavy atom. The van der Waals surface area contributed by atoms with Gasteiger partial charge in [-0.1, -0.05) is 38.1 Å². The van der Waals surface area contributed by atoms with Gasteiger partial charge in [0, 0.05) is 30.6 Å². The Bertz CT molecular complexity index is 992. The Labute approximate surface area is 201 Å². The van der Waals surface area contributed by atoms with Crippen LogP contribution >= 0.6 is 0 Å². The predicted molar refractivity (Wildman–Crippen MR) is 129 cm³/mol. The Kier molecular flexibility index (Phi) is 7.69. The highest BCUT2D eigenvalue weighted by Gasteiger charge is 2.42. The minimum atomic E-state index is -0.798. The Morgan fingerprint density at radius 3 is 2.35 bits per heavy atom. The van der Waals surface area contributed by atoms with Crippen molar-refractivity contribution in [3.05, 3.63) is 48.2 Å². The Morgan fingerprint density at radius 1 is 1.12 bits per heavy atom. The lowest BCUT2D eigenvalue weighted by Gasteiger charge is -2.45. The number of carbonyl (C=O) groups is 3. The van der Waals surface area contributed by atoms with Gasteiger partial charge in [-0.25, -0.2) is 4.79 Å². The number of rotatable bonds is 5. The number of piperazine rings is 1. The van der Waals surface area contributed by atoms with E-state index in [4.69, 9.17) is 9.15 Å². The molecule has 0 saturated carbocycles. The van der Waals surface area contributed by atoms with E-state index < -0.39 is 17.7 Å². The average molecular weight is 470 g/mol. The van der Waals surface area contributed by atoms with Crippen LogP contribution in [0.1, 0.15) is 47.1 Å². The molecule has 1 saturated heterocycles.